The van der Waals surface area contributed by atoms with Crippen molar-refractivity contribution in [2.24, 2.45) is 0 Å². The lowest BCUT2D eigenvalue weighted by molar-refractivity contribution is -0.127. The first-order valence-electron chi connectivity index (χ1n) is 13.1. The van der Waals surface area contributed by atoms with Crippen molar-refractivity contribution in [3.8, 4) is 11.5 Å². The number of rotatable bonds is 11. The molecule has 9 heteroatoms. The van der Waals surface area contributed by atoms with E-state index in [1.54, 1.807) is 24.3 Å². The van der Waals surface area contributed by atoms with Gasteiger partial charge in [0.15, 0.2) is 11.5 Å². The van der Waals surface area contributed by atoms with Crippen LogP contribution >= 0.6 is 27.7 Å². The summed E-state index contributed by atoms with van der Waals surface area (Å²) in [7, 11) is 0. The molecule has 0 radical (unpaired) electrons. The molecule has 41 heavy (non-hydrogen) atoms. The minimum absolute atomic E-state index is 0.226. The van der Waals surface area contributed by atoms with Gasteiger partial charge in [0.1, 0.15) is 13.2 Å². The molecular weight excluding hydrogens is 604 g/mol. The van der Waals surface area contributed by atoms with Gasteiger partial charge in [-0.1, -0.05) is 40.2 Å². The largest absolute Gasteiger partial charge is 0.490 e. The van der Waals surface area contributed by atoms with E-state index in [0.29, 0.717) is 42.4 Å². The zero-order valence-electron chi connectivity index (χ0n) is 23.2. The van der Waals surface area contributed by atoms with E-state index in [1.807, 2.05) is 63.2 Å². The number of nitrogens with one attached hydrogen (secondary N) is 1. The Kier molecular flexibility index (Phi) is 10.1. The molecule has 3 aromatic carbocycles. The molecule has 0 atom stereocenters. The highest BCUT2D eigenvalue weighted by molar-refractivity contribution is 9.10. The van der Waals surface area contributed by atoms with Gasteiger partial charge in [-0.15, -0.1) is 6.58 Å². The Morgan fingerprint density at radius 3 is 2.49 bits per heavy atom. The normalized spacial score (nSPS) is 14.0. The van der Waals surface area contributed by atoms with Crippen LogP contribution in [-0.4, -0.2) is 35.1 Å². The first-order chi connectivity index (χ1) is 19.7. The van der Waals surface area contributed by atoms with Crippen molar-refractivity contribution in [3.63, 3.8) is 0 Å². The molecule has 0 unspecified atom stereocenters. The van der Waals surface area contributed by atoms with E-state index in [4.69, 9.17) is 9.47 Å². The van der Waals surface area contributed by atoms with Crippen molar-refractivity contribution < 1.29 is 23.9 Å². The topological polar surface area (TPSA) is 84.9 Å². The van der Waals surface area contributed by atoms with Gasteiger partial charge in [0, 0.05) is 15.7 Å². The van der Waals surface area contributed by atoms with E-state index in [9.17, 15) is 14.4 Å². The molecule has 0 aliphatic carbocycles. The van der Waals surface area contributed by atoms with E-state index in [2.05, 4.69) is 27.8 Å². The fourth-order valence-electron chi connectivity index (χ4n) is 4.19. The molecular formula is C32H31BrN2O5S. The van der Waals surface area contributed by atoms with Crippen molar-refractivity contribution >= 4 is 56.5 Å². The maximum absolute atomic E-state index is 13.1. The first-order valence-corrected chi connectivity index (χ1v) is 14.7. The van der Waals surface area contributed by atoms with Crippen LogP contribution in [0.3, 0.4) is 0 Å². The van der Waals surface area contributed by atoms with Crippen LogP contribution in [0.1, 0.15) is 34.7 Å². The van der Waals surface area contributed by atoms with Gasteiger partial charge in [-0.25, -0.2) is 0 Å². The number of hydrogen-bond acceptors (Lipinski definition) is 6. The maximum Gasteiger partial charge on any atom is 0.294 e. The number of ether oxygens (including phenoxy) is 2. The summed E-state index contributed by atoms with van der Waals surface area (Å²) < 4.78 is 13.1. The molecule has 4 rings (SSSR count). The van der Waals surface area contributed by atoms with Crippen LogP contribution in [0.15, 0.2) is 76.6 Å². The average Bonchev–Trinajstić information content (AvgIpc) is 3.18. The number of aryl methyl sites for hydroxylation is 2. The molecule has 212 valence electrons. The third-order valence-corrected chi connectivity index (χ3v) is 7.81. The van der Waals surface area contributed by atoms with Crippen molar-refractivity contribution in [2.45, 2.75) is 33.8 Å². The molecule has 0 saturated carbocycles. The predicted molar refractivity (Wildman–Crippen MR) is 167 cm³/mol. The molecule has 1 heterocycles. The number of carbonyl (C=O) groups is 3. The third-order valence-electron chi connectivity index (χ3n) is 6.38. The Morgan fingerprint density at radius 1 is 1.05 bits per heavy atom. The zero-order chi connectivity index (χ0) is 29.5. The Bertz CT molecular complexity index is 1520. The van der Waals surface area contributed by atoms with E-state index in [-0.39, 0.29) is 11.4 Å². The second-order valence-corrected chi connectivity index (χ2v) is 11.4. The van der Waals surface area contributed by atoms with Crippen molar-refractivity contribution in [3.05, 3.63) is 104 Å². The number of benzene rings is 3. The first kappa shape index (κ1) is 30.1. The van der Waals surface area contributed by atoms with E-state index >= 15 is 0 Å². The van der Waals surface area contributed by atoms with Crippen LogP contribution in [0.25, 0.3) is 6.08 Å². The standard InChI is InChI=1S/C32H31BrN2O5S/c1-5-7-24-15-23(16-27(39-6-2)30(24)40-19-22-9-11-25(33)12-10-22)17-28-31(37)35(32(38)41-28)18-29(36)34-26-13-8-20(3)21(4)14-26/h5,8-17H,1,6-7,18-19H2,2-4H3,(H,34,36)/b28-17-. The summed E-state index contributed by atoms with van der Waals surface area (Å²) in [5.74, 6) is 0.162. The molecule has 0 spiro atoms. The minimum Gasteiger partial charge on any atom is -0.490 e. The Balaban J connectivity index is 1.54. The molecule has 1 fully saturated rings. The summed E-state index contributed by atoms with van der Waals surface area (Å²) in [4.78, 5) is 39.7. The monoisotopic (exact) mass is 634 g/mol. The SMILES string of the molecule is C=CCc1cc(/C=C2\SC(=O)N(CC(=O)Nc3ccc(C)c(C)c3)C2=O)cc(OCC)c1OCc1ccc(Br)cc1. The quantitative estimate of drug-likeness (QED) is 0.174. The molecule has 0 aromatic heterocycles. The predicted octanol–water partition coefficient (Wildman–Crippen LogP) is 7.45. The summed E-state index contributed by atoms with van der Waals surface area (Å²) in [5.41, 5.74) is 5.25. The highest BCUT2D eigenvalue weighted by Crippen LogP contribution is 2.38. The van der Waals surface area contributed by atoms with Gasteiger partial charge < -0.3 is 14.8 Å². The number of halogens is 1. The number of anilines is 1. The molecule has 3 aromatic rings. The average molecular weight is 636 g/mol. The van der Waals surface area contributed by atoms with Gasteiger partial charge in [0.05, 0.1) is 11.5 Å². The summed E-state index contributed by atoms with van der Waals surface area (Å²) >= 11 is 4.25. The van der Waals surface area contributed by atoms with Crippen LogP contribution in [0.2, 0.25) is 0 Å². The Labute approximate surface area is 252 Å². The van der Waals surface area contributed by atoms with Crippen LogP contribution in [0.4, 0.5) is 10.5 Å². The molecule has 0 bridgehead atoms. The van der Waals surface area contributed by atoms with Gasteiger partial charge >= 0.3 is 0 Å². The molecule has 1 aliphatic heterocycles. The van der Waals surface area contributed by atoms with Gasteiger partial charge in [-0.2, -0.15) is 0 Å². The van der Waals surface area contributed by atoms with Crippen LogP contribution < -0.4 is 14.8 Å². The smallest absolute Gasteiger partial charge is 0.294 e. The fraction of sp³-hybridized carbons (Fsp3) is 0.219. The van der Waals surface area contributed by atoms with Gasteiger partial charge in [0.25, 0.3) is 11.1 Å². The molecule has 1 aliphatic rings. The number of allylic oxidation sites excluding steroid dienone is 1. The van der Waals surface area contributed by atoms with Gasteiger partial charge in [-0.3, -0.25) is 19.3 Å². The molecule has 7 nitrogen and oxygen atoms in total. The zero-order valence-corrected chi connectivity index (χ0v) is 25.6. The number of amides is 3. The van der Waals surface area contributed by atoms with Gasteiger partial charge in [0.2, 0.25) is 5.91 Å². The van der Waals surface area contributed by atoms with Crippen LogP contribution in [-0.2, 0) is 22.6 Å². The number of nitrogens with zero attached hydrogens (tertiary/aromatic N) is 1. The minimum atomic E-state index is -0.519. The summed E-state index contributed by atoms with van der Waals surface area (Å²) in [5, 5.41) is 2.26. The summed E-state index contributed by atoms with van der Waals surface area (Å²) in [6.45, 7) is 10.1. The lowest BCUT2D eigenvalue weighted by atomic mass is 10.0. The van der Waals surface area contributed by atoms with Crippen LogP contribution in [0.5, 0.6) is 11.5 Å². The Morgan fingerprint density at radius 2 is 1.80 bits per heavy atom. The maximum atomic E-state index is 13.1. The second kappa shape index (κ2) is 13.7. The number of carbonyl (C=O) groups excluding carboxylic acids is 3. The molecule has 1 N–H and O–H groups in total. The highest BCUT2D eigenvalue weighted by Gasteiger charge is 2.36. The number of thioether (sulfide) groups is 1. The lowest BCUT2D eigenvalue weighted by Crippen LogP contribution is -2.36. The third kappa shape index (κ3) is 7.68. The highest BCUT2D eigenvalue weighted by atomic mass is 79.9. The summed E-state index contributed by atoms with van der Waals surface area (Å²) in [6, 6.07) is 17.1. The number of hydrogen-bond donors (Lipinski definition) is 1. The molecule has 1 saturated heterocycles. The van der Waals surface area contributed by atoms with E-state index < -0.39 is 17.1 Å². The van der Waals surface area contributed by atoms with E-state index in [1.165, 1.54) is 0 Å². The van der Waals surface area contributed by atoms with E-state index in [0.717, 1.165) is 43.4 Å². The van der Waals surface area contributed by atoms with Crippen molar-refractivity contribution in [2.75, 3.05) is 18.5 Å². The van der Waals surface area contributed by atoms with Crippen molar-refractivity contribution in [1.29, 1.82) is 0 Å². The fourth-order valence-corrected chi connectivity index (χ4v) is 5.29. The molecule has 3 amide bonds. The van der Waals surface area contributed by atoms with Crippen molar-refractivity contribution in [1.82, 2.24) is 4.90 Å². The van der Waals surface area contributed by atoms with Crippen LogP contribution in [0, 0.1) is 13.8 Å². The Hall–Kier alpha value is -3.82. The summed E-state index contributed by atoms with van der Waals surface area (Å²) in [6.07, 6.45) is 3.92. The van der Waals surface area contributed by atoms with Gasteiger partial charge in [-0.05, 0) is 104 Å². The second-order valence-electron chi connectivity index (χ2n) is 9.46. The lowest BCUT2D eigenvalue weighted by Gasteiger charge is -2.17. The number of imide groups is 1.